The summed E-state index contributed by atoms with van der Waals surface area (Å²) in [5, 5.41) is 19.4. The first-order chi connectivity index (χ1) is 16.1. The number of ether oxygens (including phenoxy) is 2. The Morgan fingerprint density at radius 3 is 2.36 bits per heavy atom. The predicted molar refractivity (Wildman–Crippen MR) is 127 cm³/mol. The van der Waals surface area contributed by atoms with Crippen molar-refractivity contribution in [2.75, 3.05) is 6.61 Å². The van der Waals surface area contributed by atoms with Gasteiger partial charge in [0.05, 0.1) is 12.7 Å². The third kappa shape index (κ3) is 5.69. The monoisotopic (exact) mass is 444 g/mol. The molecule has 3 aromatic carbocycles. The van der Waals surface area contributed by atoms with Gasteiger partial charge in [-0.25, -0.2) is 0 Å². The molecule has 33 heavy (non-hydrogen) atoms. The molecule has 1 aliphatic rings. The summed E-state index contributed by atoms with van der Waals surface area (Å²) in [6.45, 7) is 0.454. The Kier molecular flexibility index (Phi) is 7.55. The fourth-order valence-corrected chi connectivity index (χ4v) is 4.17. The van der Waals surface area contributed by atoms with Crippen LogP contribution in [-0.2, 0) is 14.3 Å². The number of para-hydroxylation sites is 1. The van der Waals surface area contributed by atoms with Crippen LogP contribution in [0.5, 0.6) is 5.75 Å². The lowest BCUT2D eigenvalue weighted by atomic mass is 9.90. The van der Waals surface area contributed by atoms with Gasteiger partial charge in [-0.2, -0.15) is 0 Å². The zero-order valence-electron chi connectivity index (χ0n) is 18.3. The topological polar surface area (TPSA) is 76.0 Å². The molecule has 5 nitrogen and oxygen atoms in total. The SMILES string of the molecule is O=C(O)CC/C=C\C[C@@H]1COC(c2ccccc2-c2ccccc2)O[C@@H]1c1ccccc1O. The number of hydrogen-bond donors (Lipinski definition) is 2. The van der Waals surface area contributed by atoms with E-state index in [0.29, 0.717) is 19.4 Å². The Balaban J connectivity index is 1.59. The first-order valence-electron chi connectivity index (χ1n) is 11.2. The highest BCUT2D eigenvalue weighted by atomic mass is 16.7. The summed E-state index contributed by atoms with van der Waals surface area (Å²) < 4.78 is 12.7. The minimum absolute atomic E-state index is 0.0143. The average Bonchev–Trinajstić information content (AvgIpc) is 2.85. The molecule has 2 N–H and O–H groups in total. The predicted octanol–water partition coefficient (Wildman–Crippen LogP) is 6.27. The van der Waals surface area contributed by atoms with E-state index in [-0.39, 0.29) is 24.2 Å². The van der Waals surface area contributed by atoms with Gasteiger partial charge in [-0.3, -0.25) is 4.79 Å². The second-order valence-corrected chi connectivity index (χ2v) is 8.13. The van der Waals surface area contributed by atoms with Crippen LogP contribution in [0.3, 0.4) is 0 Å². The molecule has 3 atom stereocenters. The van der Waals surface area contributed by atoms with Crippen molar-refractivity contribution in [3.8, 4) is 16.9 Å². The lowest BCUT2D eigenvalue weighted by Gasteiger charge is -2.37. The molecule has 1 saturated heterocycles. The van der Waals surface area contributed by atoms with Gasteiger partial charge in [-0.1, -0.05) is 84.9 Å². The van der Waals surface area contributed by atoms with E-state index in [1.807, 2.05) is 60.7 Å². The van der Waals surface area contributed by atoms with E-state index >= 15 is 0 Å². The summed E-state index contributed by atoms with van der Waals surface area (Å²) in [6, 6.07) is 25.4. The number of phenolic OH excluding ortho intramolecular Hbond substituents is 1. The molecular weight excluding hydrogens is 416 g/mol. The van der Waals surface area contributed by atoms with Crippen LogP contribution in [0.1, 0.15) is 42.8 Å². The Labute approximate surface area is 193 Å². The van der Waals surface area contributed by atoms with Gasteiger partial charge in [-0.15, -0.1) is 0 Å². The van der Waals surface area contributed by atoms with Gasteiger partial charge in [0.1, 0.15) is 5.75 Å². The summed E-state index contributed by atoms with van der Waals surface area (Å²) in [7, 11) is 0. The minimum Gasteiger partial charge on any atom is -0.508 e. The number of carbonyl (C=O) groups is 1. The van der Waals surface area contributed by atoms with Gasteiger partial charge in [-0.05, 0) is 30.0 Å². The maximum absolute atomic E-state index is 10.7. The summed E-state index contributed by atoms with van der Waals surface area (Å²) in [6.07, 6.45) is 4.17. The number of aliphatic carboxylic acids is 1. The highest BCUT2D eigenvalue weighted by Gasteiger charge is 2.35. The number of allylic oxidation sites excluding steroid dienone is 2. The molecular formula is C28H28O5. The fraction of sp³-hybridized carbons (Fsp3) is 0.250. The number of rotatable bonds is 8. The zero-order chi connectivity index (χ0) is 23.0. The molecule has 1 fully saturated rings. The standard InChI is InChI=1S/C28H28O5/c29-25-17-10-9-16-24(25)27-21(13-5-2-6-18-26(30)31)19-32-28(33-27)23-15-8-7-14-22(23)20-11-3-1-4-12-20/h1-5,7-12,14-17,21,27-29H,6,13,18-19H2,(H,30,31)/b5-2-/t21-,27+,28?/m1/s1. The number of carboxylic acid groups (broad SMARTS) is 1. The molecule has 0 spiro atoms. The van der Waals surface area contributed by atoms with Crippen LogP contribution in [0, 0.1) is 5.92 Å². The van der Waals surface area contributed by atoms with Crippen molar-refractivity contribution in [3.05, 3.63) is 102 Å². The van der Waals surface area contributed by atoms with Gasteiger partial charge >= 0.3 is 5.97 Å². The van der Waals surface area contributed by atoms with Gasteiger partial charge in [0.15, 0.2) is 6.29 Å². The normalized spacial score (nSPS) is 20.7. The smallest absolute Gasteiger partial charge is 0.303 e. The Hall–Kier alpha value is -3.41. The number of carboxylic acids is 1. The van der Waals surface area contributed by atoms with E-state index in [1.54, 1.807) is 12.1 Å². The molecule has 3 aromatic rings. The van der Waals surface area contributed by atoms with Gasteiger partial charge in [0.25, 0.3) is 0 Å². The lowest BCUT2D eigenvalue weighted by molar-refractivity contribution is -0.243. The van der Waals surface area contributed by atoms with Crippen molar-refractivity contribution < 1.29 is 24.5 Å². The van der Waals surface area contributed by atoms with Gasteiger partial charge < -0.3 is 19.7 Å². The summed E-state index contributed by atoms with van der Waals surface area (Å²) in [5.41, 5.74) is 3.81. The third-order valence-electron chi connectivity index (χ3n) is 5.83. The van der Waals surface area contributed by atoms with Crippen LogP contribution in [0.2, 0.25) is 0 Å². The van der Waals surface area contributed by atoms with E-state index < -0.39 is 12.3 Å². The number of benzene rings is 3. The van der Waals surface area contributed by atoms with E-state index in [9.17, 15) is 9.90 Å². The molecule has 0 amide bonds. The van der Waals surface area contributed by atoms with Crippen LogP contribution in [0.4, 0.5) is 0 Å². The average molecular weight is 445 g/mol. The van der Waals surface area contributed by atoms with Crippen LogP contribution < -0.4 is 0 Å². The molecule has 0 saturated carbocycles. The number of hydrogen-bond acceptors (Lipinski definition) is 4. The Morgan fingerprint density at radius 2 is 1.61 bits per heavy atom. The molecule has 1 aliphatic heterocycles. The van der Waals surface area contributed by atoms with Gasteiger partial charge in [0.2, 0.25) is 0 Å². The molecule has 170 valence electrons. The van der Waals surface area contributed by atoms with Crippen molar-refractivity contribution in [3.63, 3.8) is 0 Å². The Morgan fingerprint density at radius 1 is 0.909 bits per heavy atom. The molecule has 1 unspecified atom stereocenters. The van der Waals surface area contributed by atoms with Crippen molar-refractivity contribution in [1.29, 1.82) is 0 Å². The maximum Gasteiger partial charge on any atom is 0.303 e. The molecule has 5 heteroatoms. The van der Waals surface area contributed by atoms with E-state index in [4.69, 9.17) is 14.6 Å². The number of aromatic hydroxyl groups is 1. The molecule has 0 radical (unpaired) electrons. The fourth-order valence-electron chi connectivity index (χ4n) is 4.17. The van der Waals surface area contributed by atoms with Gasteiger partial charge in [0, 0.05) is 23.5 Å². The van der Waals surface area contributed by atoms with Crippen molar-refractivity contribution in [2.45, 2.75) is 31.7 Å². The highest BCUT2D eigenvalue weighted by Crippen LogP contribution is 2.44. The molecule has 1 heterocycles. The first-order valence-corrected chi connectivity index (χ1v) is 11.2. The molecule has 0 aromatic heterocycles. The third-order valence-corrected chi connectivity index (χ3v) is 5.83. The van der Waals surface area contributed by atoms with Crippen molar-refractivity contribution >= 4 is 5.97 Å². The highest BCUT2D eigenvalue weighted by molar-refractivity contribution is 5.67. The maximum atomic E-state index is 10.7. The van der Waals surface area contributed by atoms with Crippen molar-refractivity contribution in [2.24, 2.45) is 5.92 Å². The second kappa shape index (κ2) is 10.9. The van der Waals surface area contributed by atoms with E-state index in [0.717, 1.165) is 22.3 Å². The summed E-state index contributed by atoms with van der Waals surface area (Å²) in [4.78, 5) is 10.7. The molecule has 4 rings (SSSR count). The zero-order valence-corrected chi connectivity index (χ0v) is 18.3. The quantitative estimate of drug-likeness (QED) is 0.400. The minimum atomic E-state index is -0.809. The Bertz CT molecular complexity index is 1090. The molecule has 0 aliphatic carbocycles. The summed E-state index contributed by atoms with van der Waals surface area (Å²) >= 11 is 0. The van der Waals surface area contributed by atoms with Crippen LogP contribution >= 0.6 is 0 Å². The van der Waals surface area contributed by atoms with Crippen LogP contribution in [0.25, 0.3) is 11.1 Å². The van der Waals surface area contributed by atoms with Crippen LogP contribution in [0.15, 0.2) is 91.0 Å². The number of phenols is 1. The van der Waals surface area contributed by atoms with E-state index in [1.165, 1.54) is 0 Å². The summed E-state index contributed by atoms with van der Waals surface area (Å²) in [5.74, 6) is -0.630. The second-order valence-electron chi connectivity index (χ2n) is 8.13. The lowest BCUT2D eigenvalue weighted by Crippen LogP contribution is -2.30. The van der Waals surface area contributed by atoms with Crippen molar-refractivity contribution in [1.82, 2.24) is 0 Å². The largest absolute Gasteiger partial charge is 0.508 e. The van der Waals surface area contributed by atoms with Crippen LogP contribution in [-0.4, -0.2) is 22.8 Å². The molecule has 0 bridgehead atoms. The first kappa shape index (κ1) is 22.8. The van der Waals surface area contributed by atoms with E-state index in [2.05, 4.69) is 18.2 Å².